The van der Waals surface area contributed by atoms with Crippen LogP contribution in [0.4, 0.5) is 0 Å². The first-order valence-electron chi connectivity index (χ1n) is 11.3. The number of piperidine rings is 1. The van der Waals surface area contributed by atoms with Crippen molar-refractivity contribution in [2.45, 2.75) is 54.5 Å². The average Bonchev–Trinajstić information content (AvgIpc) is 3.38. The van der Waals surface area contributed by atoms with Crippen LogP contribution in [0.25, 0.3) is 0 Å². The lowest BCUT2D eigenvalue weighted by Crippen LogP contribution is -2.45. The topological polar surface area (TPSA) is 63.7 Å². The summed E-state index contributed by atoms with van der Waals surface area (Å²) >= 11 is 1.16. The molecule has 2 heterocycles. The molecule has 0 N–H and O–H groups in total. The Balaban J connectivity index is 0.00000324. The first kappa shape index (κ1) is 26.6. The van der Waals surface area contributed by atoms with Crippen LogP contribution in [-0.4, -0.2) is 38.2 Å². The second kappa shape index (κ2) is 12.1. The van der Waals surface area contributed by atoms with Gasteiger partial charge < -0.3 is 0 Å². The summed E-state index contributed by atoms with van der Waals surface area (Å²) in [7, 11) is -1.81. The summed E-state index contributed by atoms with van der Waals surface area (Å²) < 4.78 is 31.8. The molecule has 3 atom stereocenters. The minimum absolute atomic E-state index is 0. The molecule has 2 aromatic carbocycles. The van der Waals surface area contributed by atoms with E-state index in [9.17, 15) is 13.2 Å². The van der Waals surface area contributed by atoms with Gasteiger partial charge in [0, 0.05) is 24.1 Å². The summed E-state index contributed by atoms with van der Waals surface area (Å²) in [5, 5.41) is 1.73. The van der Waals surface area contributed by atoms with E-state index in [0.29, 0.717) is 12.8 Å². The highest BCUT2D eigenvalue weighted by Gasteiger charge is 2.33. The molecule has 1 aromatic heterocycles. The molecular weight excluding hydrogens is 490 g/mol. The number of hydrogen-bond acceptors (Lipinski definition) is 6. The molecule has 1 fully saturated rings. The molecular formula is C26H30ClNO4S2. The van der Waals surface area contributed by atoms with Gasteiger partial charge in [0.25, 0.3) is 0 Å². The molecule has 0 unspecified atom stereocenters. The van der Waals surface area contributed by atoms with Crippen LogP contribution < -0.4 is 0 Å². The Kier molecular flexibility index (Phi) is 9.45. The van der Waals surface area contributed by atoms with E-state index in [-0.39, 0.29) is 34.5 Å². The minimum Gasteiger partial charge on any atom is -0.300 e. The molecule has 34 heavy (non-hydrogen) atoms. The van der Waals surface area contributed by atoms with Crippen molar-refractivity contribution < 1.29 is 17.4 Å². The van der Waals surface area contributed by atoms with Gasteiger partial charge in [-0.25, -0.2) is 0 Å². The van der Waals surface area contributed by atoms with Crippen LogP contribution in [0.15, 0.2) is 82.4 Å². The van der Waals surface area contributed by atoms with Gasteiger partial charge in [0.15, 0.2) is 5.78 Å². The third-order valence-corrected chi connectivity index (χ3v) is 9.06. The SMILES string of the molecule is CN1[C@@H](CC(=O)c2ccccc2)CCC[C@H]1C[C@H](OS(=O)(=O)c1cccs1)c1ccccc1.Cl. The molecule has 0 saturated carbocycles. The number of rotatable bonds is 9. The van der Waals surface area contributed by atoms with Crippen molar-refractivity contribution in [3.05, 3.63) is 89.3 Å². The van der Waals surface area contributed by atoms with Crippen LogP contribution >= 0.6 is 23.7 Å². The Morgan fingerprint density at radius 2 is 1.65 bits per heavy atom. The fourth-order valence-electron chi connectivity index (χ4n) is 4.53. The van der Waals surface area contributed by atoms with Crippen molar-refractivity contribution in [1.29, 1.82) is 0 Å². The van der Waals surface area contributed by atoms with E-state index in [2.05, 4.69) is 4.90 Å². The third kappa shape index (κ3) is 6.55. The standard InChI is InChI=1S/C26H29NO4S2.ClH/c1-27-22(18-24(28)20-10-4-2-5-11-20)14-8-15-23(27)19-25(21-12-6-3-7-13-21)31-33(29,30)26-16-9-17-32-26;/h2-7,9-13,16-17,22-23,25H,8,14-15,18-19H2,1H3;1H/t22-,23+,25+;/m1./s1. The Morgan fingerprint density at radius 3 is 2.29 bits per heavy atom. The van der Waals surface area contributed by atoms with Crippen LogP contribution in [0.1, 0.15) is 54.1 Å². The molecule has 182 valence electrons. The largest absolute Gasteiger partial charge is 0.307 e. The van der Waals surface area contributed by atoms with Crippen molar-refractivity contribution in [1.82, 2.24) is 4.90 Å². The lowest BCUT2D eigenvalue weighted by molar-refractivity contribution is 0.0626. The van der Waals surface area contributed by atoms with Crippen LogP contribution in [0.3, 0.4) is 0 Å². The zero-order valence-corrected chi connectivity index (χ0v) is 21.5. The molecule has 8 heteroatoms. The van der Waals surface area contributed by atoms with E-state index in [1.165, 1.54) is 0 Å². The average molecular weight is 520 g/mol. The molecule has 0 amide bonds. The Morgan fingerprint density at radius 1 is 1.00 bits per heavy atom. The molecule has 5 nitrogen and oxygen atoms in total. The number of carbonyl (C=O) groups is 1. The van der Waals surface area contributed by atoms with Gasteiger partial charge in [-0.05, 0) is 43.3 Å². The number of likely N-dealkylation sites (tertiary alicyclic amines) is 1. The Hall–Kier alpha value is -2.03. The number of ketones is 1. The van der Waals surface area contributed by atoms with Gasteiger partial charge >= 0.3 is 10.1 Å². The van der Waals surface area contributed by atoms with Crippen LogP contribution in [0.2, 0.25) is 0 Å². The second-order valence-corrected chi connectivity index (χ2v) is 11.3. The summed E-state index contributed by atoms with van der Waals surface area (Å²) in [6, 6.07) is 22.5. The summed E-state index contributed by atoms with van der Waals surface area (Å²) in [6.07, 6.45) is 3.31. The van der Waals surface area contributed by atoms with E-state index in [1.54, 1.807) is 17.5 Å². The highest BCUT2D eigenvalue weighted by molar-refractivity contribution is 7.89. The van der Waals surface area contributed by atoms with Gasteiger partial charge in [0.2, 0.25) is 0 Å². The van der Waals surface area contributed by atoms with E-state index in [4.69, 9.17) is 4.18 Å². The molecule has 1 aliphatic rings. The number of benzene rings is 2. The van der Waals surface area contributed by atoms with Crippen molar-refractivity contribution >= 4 is 39.6 Å². The van der Waals surface area contributed by atoms with Gasteiger partial charge in [-0.2, -0.15) is 8.42 Å². The second-order valence-electron chi connectivity index (χ2n) is 8.51. The van der Waals surface area contributed by atoms with Crippen molar-refractivity contribution in [3.8, 4) is 0 Å². The molecule has 1 aliphatic heterocycles. The molecule has 0 bridgehead atoms. The summed E-state index contributed by atoms with van der Waals surface area (Å²) in [5.74, 6) is 0.143. The summed E-state index contributed by atoms with van der Waals surface area (Å²) in [4.78, 5) is 15.0. The van der Waals surface area contributed by atoms with Crippen LogP contribution in [-0.2, 0) is 14.3 Å². The lowest BCUT2D eigenvalue weighted by Gasteiger charge is -2.40. The van der Waals surface area contributed by atoms with E-state index in [1.807, 2.05) is 67.7 Å². The maximum atomic E-state index is 12.9. The highest BCUT2D eigenvalue weighted by Crippen LogP contribution is 2.34. The monoisotopic (exact) mass is 519 g/mol. The number of Topliss-reactive ketones (excluding diaryl/α,β-unsaturated/α-hetero) is 1. The molecule has 0 spiro atoms. The predicted octanol–water partition coefficient (Wildman–Crippen LogP) is 6.13. The number of hydrogen-bond donors (Lipinski definition) is 0. The third-order valence-electron chi connectivity index (χ3n) is 6.39. The number of thiophene rings is 1. The smallest absolute Gasteiger partial charge is 0.300 e. The van der Waals surface area contributed by atoms with Gasteiger partial charge in [-0.15, -0.1) is 23.7 Å². The molecule has 0 aliphatic carbocycles. The first-order chi connectivity index (χ1) is 15.9. The molecule has 4 rings (SSSR count). The van der Waals surface area contributed by atoms with Gasteiger partial charge in [0.1, 0.15) is 10.3 Å². The molecule has 0 radical (unpaired) electrons. The Bertz CT molecular complexity index is 1140. The first-order valence-corrected chi connectivity index (χ1v) is 13.5. The number of carbonyl (C=O) groups excluding carboxylic acids is 1. The van der Waals surface area contributed by atoms with Crippen molar-refractivity contribution in [2.75, 3.05) is 7.05 Å². The Labute approximate surface area is 212 Å². The summed E-state index contributed by atoms with van der Waals surface area (Å²) in [6.45, 7) is 0. The zero-order valence-electron chi connectivity index (χ0n) is 19.1. The number of halogens is 1. The maximum Gasteiger partial charge on any atom is 0.307 e. The van der Waals surface area contributed by atoms with Crippen LogP contribution in [0, 0.1) is 0 Å². The fraction of sp³-hybridized carbons (Fsp3) is 0.346. The maximum absolute atomic E-state index is 12.9. The minimum atomic E-state index is -3.86. The van der Waals surface area contributed by atoms with Gasteiger partial charge in [-0.3, -0.25) is 13.9 Å². The quantitative estimate of drug-likeness (QED) is 0.251. The zero-order chi connectivity index (χ0) is 23.3. The van der Waals surface area contributed by atoms with E-state index in [0.717, 1.165) is 41.7 Å². The predicted molar refractivity (Wildman–Crippen MR) is 138 cm³/mol. The van der Waals surface area contributed by atoms with Crippen molar-refractivity contribution in [2.24, 2.45) is 0 Å². The molecule has 1 saturated heterocycles. The van der Waals surface area contributed by atoms with E-state index >= 15 is 0 Å². The molecule has 3 aromatic rings. The van der Waals surface area contributed by atoms with Crippen molar-refractivity contribution in [3.63, 3.8) is 0 Å². The number of nitrogens with zero attached hydrogens (tertiary/aromatic N) is 1. The van der Waals surface area contributed by atoms with Crippen LogP contribution in [0.5, 0.6) is 0 Å². The summed E-state index contributed by atoms with van der Waals surface area (Å²) in [5.41, 5.74) is 1.58. The fourth-order valence-corrected chi connectivity index (χ4v) is 6.57. The van der Waals surface area contributed by atoms with E-state index < -0.39 is 16.2 Å². The normalized spacial score (nSPS) is 19.8. The lowest BCUT2D eigenvalue weighted by atomic mass is 9.88. The van der Waals surface area contributed by atoms with Gasteiger partial charge in [-0.1, -0.05) is 73.2 Å². The highest BCUT2D eigenvalue weighted by atomic mass is 35.5. The van der Waals surface area contributed by atoms with Gasteiger partial charge in [0.05, 0.1) is 0 Å².